The Labute approximate surface area is 110 Å². The number of aromatic nitrogens is 4. The molecule has 0 atom stereocenters. The minimum absolute atomic E-state index is 0.358. The van der Waals surface area contributed by atoms with Gasteiger partial charge in [0.1, 0.15) is 6.54 Å². The van der Waals surface area contributed by atoms with Crippen LogP contribution in [-0.4, -0.2) is 26.0 Å². The van der Waals surface area contributed by atoms with Crippen molar-refractivity contribution in [3.05, 3.63) is 35.9 Å². The first-order valence-electron chi connectivity index (χ1n) is 6.20. The fourth-order valence-electron chi connectivity index (χ4n) is 1.75. The second-order valence-corrected chi connectivity index (χ2v) is 4.23. The highest BCUT2D eigenvalue weighted by Crippen LogP contribution is 2.02. The summed E-state index contributed by atoms with van der Waals surface area (Å²) < 4.78 is 27.4. The van der Waals surface area contributed by atoms with Crippen LogP contribution in [0.1, 0.15) is 18.2 Å². The maximum atomic E-state index is 12.2. The lowest BCUT2D eigenvalue weighted by Gasteiger charge is -2.01. The fraction of sp³-hybridized carbons (Fsp3) is 0.500. The second-order valence-electron chi connectivity index (χ2n) is 4.23. The summed E-state index contributed by atoms with van der Waals surface area (Å²) in [5, 5.41) is 11.4. The largest absolute Gasteiger partial charge is 0.307 e. The van der Waals surface area contributed by atoms with Crippen molar-refractivity contribution in [1.82, 2.24) is 24.9 Å². The molecule has 0 aliphatic carbocycles. The third kappa shape index (κ3) is 4.13. The molecule has 0 radical (unpaired) electrons. The molecule has 0 amide bonds. The molecule has 1 N–H and O–H groups in total. The van der Waals surface area contributed by atoms with E-state index in [2.05, 4.69) is 15.5 Å². The first-order valence-corrected chi connectivity index (χ1v) is 6.20. The van der Waals surface area contributed by atoms with E-state index >= 15 is 0 Å². The van der Waals surface area contributed by atoms with Crippen LogP contribution in [0.5, 0.6) is 0 Å². The minimum atomic E-state index is -2.37. The van der Waals surface area contributed by atoms with Crippen LogP contribution >= 0.6 is 0 Å². The Hall–Kier alpha value is -1.76. The lowest BCUT2D eigenvalue weighted by molar-refractivity contribution is 0.121. The summed E-state index contributed by atoms with van der Waals surface area (Å²) >= 11 is 0. The zero-order valence-electron chi connectivity index (χ0n) is 10.8. The SMILES string of the molecule is CCn1cc(CNCc2ccn(CC(F)F)n2)cn1. The summed E-state index contributed by atoms with van der Waals surface area (Å²) in [5.41, 5.74) is 1.84. The molecule has 0 aliphatic rings. The number of hydrogen-bond acceptors (Lipinski definition) is 3. The average Bonchev–Trinajstić information content (AvgIpc) is 2.98. The number of aryl methyl sites for hydroxylation is 1. The summed E-state index contributed by atoms with van der Waals surface area (Å²) in [4.78, 5) is 0. The topological polar surface area (TPSA) is 47.7 Å². The summed E-state index contributed by atoms with van der Waals surface area (Å²) in [6.45, 7) is 3.75. The van der Waals surface area contributed by atoms with Crippen molar-refractivity contribution < 1.29 is 8.78 Å². The normalized spacial score (nSPS) is 11.4. The quantitative estimate of drug-likeness (QED) is 0.831. The number of halogens is 2. The maximum absolute atomic E-state index is 12.2. The van der Waals surface area contributed by atoms with Crippen molar-refractivity contribution in [3.8, 4) is 0 Å². The molecule has 0 aromatic carbocycles. The molecule has 19 heavy (non-hydrogen) atoms. The molecule has 0 aliphatic heterocycles. The Morgan fingerprint density at radius 3 is 2.84 bits per heavy atom. The number of nitrogens with one attached hydrogen (secondary N) is 1. The summed E-state index contributed by atoms with van der Waals surface area (Å²) in [6, 6.07) is 1.74. The third-order valence-corrected chi connectivity index (χ3v) is 2.67. The van der Waals surface area contributed by atoms with E-state index in [0.717, 1.165) is 17.8 Å². The van der Waals surface area contributed by atoms with Crippen molar-refractivity contribution in [3.63, 3.8) is 0 Å². The van der Waals surface area contributed by atoms with Crippen molar-refractivity contribution >= 4 is 0 Å². The zero-order chi connectivity index (χ0) is 13.7. The van der Waals surface area contributed by atoms with Crippen molar-refractivity contribution in [2.24, 2.45) is 0 Å². The van der Waals surface area contributed by atoms with E-state index in [1.54, 1.807) is 12.3 Å². The van der Waals surface area contributed by atoms with E-state index in [1.807, 2.05) is 24.0 Å². The average molecular weight is 269 g/mol. The van der Waals surface area contributed by atoms with Crippen LogP contribution in [0.3, 0.4) is 0 Å². The summed E-state index contributed by atoms with van der Waals surface area (Å²) in [5.74, 6) is 0. The van der Waals surface area contributed by atoms with Gasteiger partial charge in [-0.2, -0.15) is 10.2 Å². The molecule has 2 rings (SSSR count). The van der Waals surface area contributed by atoms with Crippen LogP contribution in [0.4, 0.5) is 8.78 Å². The summed E-state index contributed by atoms with van der Waals surface area (Å²) in [7, 11) is 0. The van der Waals surface area contributed by atoms with Crippen LogP contribution in [0, 0.1) is 0 Å². The fourth-order valence-corrected chi connectivity index (χ4v) is 1.75. The molecule has 5 nitrogen and oxygen atoms in total. The van der Waals surface area contributed by atoms with Crippen LogP contribution in [-0.2, 0) is 26.2 Å². The second kappa shape index (κ2) is 6.42. The molecule has 0 spiro atoms. The van der Waals surface area contributed by atoms with Crippen LogP contribution in [0.2, 0.25) is 0 Å². The molecule has 7 heteroatoms. The van der Waals surface area contributed by atoms with Gasteiger partial charge in [0.05, 0.1) is 11.9 Å². The van der Waals surface area contributed by atoms with Gasteiger partial charge >= 0.3 is 0 Å². The van der Waals surface area contributed by atoms with Gasteiger partial charge in [-0.25, -0.2) is 8.78 Å². The van der Waals surface area contributed by atoms with Gasteiger partial charge in [-0.3, -0.25) is 9.36 Å². The van der Waals surface area contributed by atoms with E-state index in [0.29, 0.717) is 13.1 Å². The third-order valence-electron chi connectivity index (χ3n) is 2.67. The van der Waals surface area contributed by atoms with E-state index in [9.17, 15) is 8.78 Å². The number of rotatable bonds is 7. The van der Waals surface area contributed by atoms with Gasteiger partial charge in [-0.05, 0) is 13.0 Å². The number of nitrogens with zero attached hydrogens (tertiary/aromatic N) is 4. The van der Waals surface area contributed by atoms with Gasteiger partial charge in [0.2, 0.25) is 0 Å². The van der Waals surface area contributed by atoms with E-state index in [4.69, 9.17) is 0 Å². The van der Waals surface area contributed by atoms with Gasteiger partial charge in [-0.15, -0.1) is 0 Å². The van der Waals surface area contributed by atoms with Crippen molar-refractivity contribution in [1.29, 1.82) is 0 Å². The molecule has 0 unspecified atom stereocenters. The highest BCUT2D eigenvalue weighted by atomic mass is 19.3. The molecule has 0 saturated heterocycles. The van der Waals surface area contributed by atoms with Gasteiger partial charge < -0.3 is 5.32 Å². The smallest absolute Gasteiger partial charge is 0.257 e. The Bertz CT molecular complexity index is 506. The van der Waals surface area contributed by atoms with Crippen LogP contribution in [0.15, 0.2) is 24.7 Å². The Balaban J connectivity index is 1.77. The molecule has 0 fully saturated rings. The Morgan fingerprint density at radius 1 is 1.32 bits per heavy atom. The monoisotopic (exact) mass is 269 g/mol. The maximum Gasteiger partial charge on any atom is 0.257 e. The lowest BCUT2D eigenvalue weighted by atomic mass is 10.3. The van der Waals surface area contributed by atoms with Gasteiger partial charge in [0.15, 0.2) is 0 Å². The Morgan fingerprint density at radius 2 is 2.16 bits per heavy atom. The molecule has 2 aromatic rings. The lowest BCUT2D eigenvalue weighted by Crippen LogP contribution is -2.14. The predicted molar refractivity (Wildman–Crippen MR) is 66.7 cm³/mol. The molecular weight excluding hydrogens is 252 g/mol. The molecule has 0 saturated carbocycles. The van der Waals surface area contributed by atoms with E-state index < -0.39 is 6.43 Å². The first kappa shape index (κ1) is 13.7. The molecule has 2 aromatic heterocycles. The van der Waals surface area contributed by atoms with Gasteiger partial charge in [0, 0.05) is 37.6 Å². The molecule has 0 bridgehead atoms. The van der Waals surface area contributed by atoms with Crippen LogP contribution in [0.25, 0.3) is 0 Å². The highest BCUT2D eigenvalue weighted by molar-refractivity contribution is 5.04. The molecular formula is C12H17F2N5. The molecule has 104 valence electrons. The Kier molecular flexibility index (Phi) is 4.62. The first-order chi connectivity index (χ1) is 9.17. The van der Waals surface area contributed by atoms with E-state index in [1.165, 1.54) is 4.68 Å². The van der Waals surface area contributed by atoms with Gasteiger partial charge in [-0.1, -0.05) is 0 Å². The van der Waals surface area contributed by atoms with Crippen molar-refractivity contribution in [2.75, 3.05) is 0 Å². The van der Waals surface area contributed by atoms with Crippen molar-refractivity contribution in [2.45, 2.75) is 39.5 Å². The standard InChI is InChI=1S/C12H17F2N5/c1-2-18-8-10(6-16-18)5-15-7-11-3-4-19(17-11)9-12(13)14/h3-4,6,8,12,15H,2,5,7,9H2,1H3. The van der Waals surface area contributed by atoms with Gasteiger partial charge in [0.25, 0.3) is 6.43 Å². The predicted octanol–water partition coefficient (Wildman–Crippen LogP) is 1.65. The summed E-state index contributed by atoms with van der Waals surface area (Å²) in [6.07, 6.45) is 2.98. The highest BCUT2D eigenvalue weighted by Gasteiger charge is 2.05. The van der Waals surface area contributed by atoms with E-state index in [-0.39, 0.29) is 6.54 Å². The zero-order valence-corrected chi connectivity index (χ0v) is 10.8. The molecule has 2 heterocycles. The van der Waals surface area contributed by atoms with Crippen LogP contribution < -0.4 is 5.32 Å². The minimum Gasteiger partial charge on any atom is -0.307 e. The number of hydrogen-bond donors (Lipinski definition) is 1. The number of alkyl halides is 2.